The van der Waals surface area contributed by atoms with Gasteiger partial charge in [0.2, 0.25) is 11.8 Å². The maximum absolute atomic E-state index is 13.0. The molecule has 1 N–H and O–H groups in total. The Morgan fingerprint density at radius 3 is 2.46 bits per heavy atom. The lowest BCUT2D eigenvalue weighted by atomic mass is 10.1. The molecule has 0 saturated carbocycles. The Kier molecular flexibility index (Phi) is 8.60. The molecule has 1 atom stereocenters. The van der Waals surface area contributed by atoms with E-state index in [1.165, 1.54) is 35.8 Å². The van der Waals surface area contributed by atoms with Gasteiger partial charge in [-0.1, -0.05) is 41.4 Å². The van der Waals surface area contributed by atoms with E-state index in [9.17, 15) is 14.0 Å². The standard InChI is InChI=1S/C20H21Cl2FN2O2S/c1-13(20(27)24-2)25(10-15-5-6-16(21)9-18(15)22)19(26)12-28-11-14-3-7-17(23)8-4-14/h3-9,13H,10-12H2,1-2H3,(H,24,27)/t13-/m1/s1. The van der Waals surface area contributed by atoms with Gasteiger partial charge in [-0.25, -0.2) is 4.39 Å². The summed E-state index contributed by atoms with van der Waals surface area (Å²) in [6, 6.07) is 10.5. The van der Waals surface area contributed by atoms with Crippen LogP contribution in [0.1, 0.15) is 18.1 Å². The first-order valence-corrected chi connectivity index (χ1v) is 10.5. The monoisotopic (exact) mass is 442 g/mol. The zero-order valence-corrected chi connectivity index (χ0v) is 17.9. The molecule has 2 amide bonds. The van der Waals surface area contributed by atoms with Crippen molar-refractivity contribution in [3.05, 3.63) is 69.5 Å². The van der Waals surface area contributed by atoms with E-state index in [2.05, 4.69) is 5.32 Å². The Labute approximate surface area is 178 Å². The number of benzene rings is 2. The molecule has 4 nitrogen and oxygen atoms in total. The minimum atomic E-state index is -0.657. The Balaban J connectivity index is 2.07. The molecule has 0 aliphatic carbocycles. The van der Waals surface area contributed by atoms with Crippen molar-refractivity contribution in [2.45, 2.75) is 25.3 Å². The molecule has 0 radical (unpaired) electrons. The van der Waals surface area contributed by atoms with Gasteiger partial charge in [0.25, 0.3) is 0 Å². The van der Waals surface area contributed by atoms with Crippen molar-refractivity contribution in [2.24, 2.45) is 0 Å². The number of rotatable bonds is 8. The minimum absolute atomic E-state index is 0.184. The second kappa shape index (κ2) is 10.7. The quantitative estimate of drug-likeness (QED) is 0.653. The van der Waals surface area contributed by atoms with Crippen molar-refractivity contribution in [3.8, 4) is 0 Å². The van der Waals surface area contributed by atoms with Gasteiger partial charge in [-0.05, 0) is 42.3 Å². The average molecular weight is 443 g/mol. The summed E-state index contributed by atoms with van der Waals surface area (Å²) >= 11 is 13.6. The molecule has 2 aromatic carbocycles. The van der Waals surface area contributed by atoms with Gasteiger partial charge in [0.15, 0.2) is 0 Å². The molecule has 0 aliphatic rings. The van der Waals surface area contributed by atoms with Crippen LogP contribution in [-0.2, 0) is 21.9 Å². The van der Waals surface area contributed by atoms with Crippen LogP contribution in [-0.4, -0.2) is 35.6 Å². The lowest BCUT2D eigenvalue weighted by Gasteiger charge is -2.28. The third-order valence-electron chi connectivity index (χ3n) is 4.18. The van der Waals surface area contributed by atoms with E-state index < -0.39 is 6.04 Å². The molecule has 0 unspecified atom stereocenters. The van der Waals surface area contributed by atoms with Gasteiger partial charge in [0, 0.05) is 29.4 Å². The molecular formula is C20H21Cl2FN2O2S. The Hall–Kier alpha value is -1.76. The molecule has 2 aromatic rings. The van der Waals surface area contributed by atoms with Crippen LogP contribution in [0.25, 0.3) is 0 Å². The molecule has 0 heterocycles. The number of carbonyl (C=O) groups excluding carboxylic acids is 2. The van der Waals surface area contributed by atoms with Crippen molar-refractivity contribution < 1.29 is 14.0 Å². The van der Waals surface area contributed by atoms with E-state index in [4.69, 9.17) is 23.2 Å². The highest BCUT2D eigenvalue weighted by Crippen LogP contribution is 2.24. The van der Waals surface area contributed by atoms with E-state index in [1.54, 1.807) is 37.3 Å². The van der Waals surface area contributed by atoms with Crippen LogP contribution in [0.15, 0.2) is 42.5 Å². The highest BCUT2D eigenvalue weighted by molar-refractivity contribution is 7.99. The smallest absolute Gasteiger partial charge is 0.242 e. The molecule has 0 aliphatic heterocycles. The fraction of sp³-hybridized carbons (Fsp3) is 0.300. The number of amides is 2. The number of thioether (sulfide) groups is 1. The highest BCUT2D eigenvalue weighted by atomic mass is 35.5. The maximum Gasteiger partial charge on any atom is 0.242 e. The van der Waals surface area contributed by atoms with Gasteiger partial charge in [-0.3, -0.25) is 9.59 Å². The summed E-state index contributed by atoms with van der Waals surface area (Å²) in [4.78, 5) is 26.4. The predicted octanol–water partition coefficient (Wildman–Crippen LogP) is 4.53. The lowest BCUT2D eigenvalue weighted by Crippen LogP contribution is -2.47. The molecule has 8 heteroatoms. The van der Waals surface area contributed by atoms with Crippen LogP contribution >= 0.6 is 35.0 Å². The van der Waals surface area contributed by atoms with Gasteiger partial charge in [0.1, 0.15) is 11.9 Å². The number of hydrogen-bond acceptors (Lipinski definition) is 3. The van der Waals surface area contributed by atoms with Gasteiger partial charge in [-0.15, -0.1) is 11.8 Å². The topological polar surface area (TPSA) is 49.4 Å². The fourth-order valence-electron chi connectivity index (χ4n) is 2.54. The minimum Gasteiger partial charge on any atom is -0.357 e. The highest BCUT2D eigenvalue weighted by Gasteiger charge is 2.26. The van der Waals surface area contributed by atoms with E-state index in [0.29, 0.717) is 21.4 Å². The summed E-state index contributed by atoms with van der Waals surface area (Å²) in [5, 5.41) is 3.51. The molecule has 0 saturated heterocycles. The molecule has 0 spiro atoms. The zero-order chi connectivity index (χ0) is 20.7. The molecule has 150 valence electrons. The Bertz CT molecular complexity index is 833. The van der Waals surface area contributed by atoms with Gasteiger partial charge < -0.3 is 10.2 Å². The van der Waals surface area contributed by atoms with Crippen molar-refractivity contribution in [3.63, 3.8) is 0 Å². The van der Waals surface area contributed by atoms with E-state index >= 15 is 0 Å². The average Bonchev–Trinajstić information content (AvgIpc) is 2.67. The first kappa shape index (κ1) is 22.5. The number of halogens is 3. The van der Waals surface area contributed by atoms with E-state index in [1.807, 2.05) is 0 Å². The Morgan fingerprint density at radius 2 is 1.86 bits per heavy atom. The Morgan fingerprint density at radius 1 is 1.18 bits per heavy atom. The molecule has 0 fully saturated rings. The second-order valence-electron chi connectivity index (χ2n) is 6.17. The summed E-state index contributed by atoms with van der Waals surface area (Å²) in [6.07, 6.45) is 0. The molecule has 2 rings (SSSR count). The lowest BCUT2D eigenvalue weighted by molar-refractivity contribution is -0.138. The third-order valence-corrected chi connectivity index (χ3v) is 5.75. The zero-order valence-electron chi connectivity index (χ0n) is 15.5. The van der Waals surface area contributed by atoms with Crippen molar-refractivity contribution in [2.75, 3.05) is 12.8 Å². The maximum atomic E-state index is 13.0. The van der Waals surface area contributed by atoms with Crippen LogP contribution in [0, 0.1) is 5.82 Å². The SMILES string of the molecule is CNC(=O)[C@@H](C)N(Cc1ccc(Cl)cc1Cl)C(=O)CSCc1ccc(F)cc1. The molecular weight excluding hydrogens is 422 g/mol. The van der Waals surface area contributed by atoms with Crippen LogP contribution in [0.4, 0.5) is 4.39 Å². The van der Waals surface area contributed by atoms with Gasteiger partial charge >= 0.3 is 0 Å². The molecule has 0 bridgehead atoms. The van der Waals surface area contributed by atoms with Crippen LogP contribution in [0.5, 0.6) is 0 Å². The first-order chi connectivity index (χ1) is 13.3. The largest absolute Gasteiger partial charge is 0.357 e. The van der Waals surface area contributed by atoms with E-state index in [0.717, 1.165) is 5.56 Å². The van der Waals surface area contributed by atoms with Crippen molar-refractivity contribution in [1.29, 1.82) is 0 Å². The normalized spacial score (nSPS) is 11.8. The number of nitrogens with zero attached hydrogens (tertiary/aromatic N) is 1. The molecule has 0 aromatic heterocycles. The summed E-state index contributed by atoms with van der Waals surface area (Å²) in [7, 11) is 1.53. The summed E-state index contributed by atoms with van der Waals surface area (Å²) in [6.45, 7) is 1.87. The number of likely N-dealkylation sites (N-methyl/N-ethyl adjacent to an activating group) is 1. The summed E-state index contributed by atoms with van der Waals surface area (Å²) in [5.41, 5.74) is 1.63. The fourth-order valence-corrected chi connectivity index (χ4v) is 3.88. The van der Waals surface area contributed by atoms with Crippen LogP contribution in [0.3, 0.4) is 0 Å². The second-order valence-corrected chi connectivity index (χ2v) is 8.00. The number of hydrogen-bond donors (Lipinski definition) is 1. The van der Waals surface area contributed by atoms with Gasteiger partial charge in [0.05, 0.1) is 5.75 Å². The molecule has 28 heavy (non-hydrogen) atoms. The summed E-state index contributed by atoms with van der Waals surface area (Å²) < 4.78 is 13.0. The van der Waals surface area contributed by atoms with Crippen LogP contribution < -0.4 is 5.32 Å². The van der Waals surface area contributed by atoms with Crippen molar-refractivity contribution >= 4 is 46.8 Å². The van der Waals surface area contributed by atoms with Crippen LogP contribution in [0.2, 0.25) is 10.0 Å². The van der Waals surface area contributed by atoms with Crippen molar-refractivity contribution in [1.82, 2.24) is 10.2 Å². The van der Waals surface area contributed by atoms with E-state index in [-0.39, 0.29) is 29.9 Å². The van der Waals surface area contributed by atoms with Gasteiger partial charge in [-0.2, -0.15) is 0 Å². The number of carbonyl (C=O) groups is 2. The number of nitrogens with one attached hydrogen (secondary N) is 1. The predicted molar refractivity (Wildman–Crippen MR) is 113 cm³/mol. The first-order valence-electron chi connectivity index (χ1n) is 8.59. The third kappa shape index (κ3) is 6.40. The summed E-state index contributed by atoms with van der Waals surface area (Å²) in [5.74, 6) is 0.00581.